The molecule has 1 saturated heterocycles. The number of likely N-dealkylation sites (tertiary alicyclic amines) is 1. The van der Waals surface area contributed by atoms with E-state index in [1.807, 2.05) is 18.2 Å². The summed E-state index contributed by atoms with van der Waals surface area (Å²) in [6.45, 7) is 3.33. The molecular formula is C17H23N3O2S2. The lowest BCUT2D eigenvalue weighted by Gasteiger charge is -2.32. The lowest BCUT2D eigenvalue weighted by atomic mass is 9.98. The molecule has 7 heteroatoms. The van der Waals surface area contributed by atoms with E-state index in [-0.39, 0.29) is 0 Å². The Kier molecular flexibility index (Phi) is 5.65. The van der Waals surface area contributed by atoms with Crippen molar-refractivity contribution in [3.63, 3.8) is 0 Å². The van der Waals surface area contributed by atoms with Crippen molar-refractivity contribution in [3.8, 4) is 10.6 Å². The smallest absolute Gasteiger partial charge is 0.208 e. The number of sulfonamides is 1. The highest BCUT2D eigenvalue weighted by Crippen LogP contribution is 2.25. The minimum atomic E-state index is -3.11. The average molecular weight is 366 g/mol. The van der Waals surface area contributed by atoms with Crippen molar-refractivity contribution in [2.45, 2.75) is 19.4 Å². The normalized spacial score (nSPS) is 19.5. The molecule has 3 rings (SSSR count). The molecule has 1 aromatic heterocycles. The summed E-state index contributed by atoms with van der Waals surface area (Å²) in [5.74, 6) is 0.376. The Morgan fingerprint density at radius 3 is 2.88 bits per heavy atom. The third-order valence-corrected chi connectivity index (χ3v) is 5.83. The maximum atomic E-state index is 11.3. The summed E-state index contributed by atoms with van der Waals surface area (Å²) in [7, 11) is -3.11. The van der Waals surface area contributed by atoms with Crippen LogP contribution in [-0.4, -0.2) is 44.2 Å². The second-order valence-electron chi connectivity index (χ2n) is 6.37. The molecule has 0 amide bonds. The maximum Gasteiger partial charge on any atom is 0.208 e. The fourth-order valence-corrected chi connectivity index (χ4v) is 4.41. The minimum Gasteiger partial charge on any atom is -0.297 e. The molecule has 1 atom stereocenters. The van der Waals surface area contributed by atoms with Gasteiger partial charge in [-0.1, -0.05) is 30.3 Å². The standard InChI is InChI=1S/C17H23N3O2S2/c1-24(21,22)18-10-14-6-5-9-20(11-14)12-16-13-23-17(19-16)15-7-3-2-4-8-15/h2-4,7-8,13-14,18H,5-6,9-12H2,1H3. The number of thiazole rings is 1. The van der Waals surface area contributed by atoms with Crippen molar-refractivity contribution < 1.29 is 8.42 Å². The number of aromatic nitrogens is 1. The summed E-state index contributed by atoms with van der Waals surface area (Å²) in [5.41, 5.74) is 2.25. The Labute approximate surface area is 147 Å². The molecule has 1 aliphatic rings. The number of rotatable bonds is 6. The van der Waals surface area contributed by atoms with Gasteiger partial charge in [0.25, 0.3) is 0 Å². The Balaban J connectivity index is 1.57. The van der Waals surface area contributed by atoms with Crippen molar-refractivity contribution in [2.75, 3.05) is 25.9 Å². The molecule has 24 heavy (non-hydrogen) atoms. The van der Waals surface area contributed by atoms with Gasteiger partial charge in [0, 0.05) is 30.6 Å². The van der Waals surface area contributed by atoms with E-state index in [1.54, 1.807) is 11.3 Å². The highest BCUT2D eigenvalue weighted by Gasteiger charge is 2.21. The first-order valence-electron chi connectivity index (χ1n) is 8.16. The van der Waals surface area contributed by atoms with Crippen LogP contribution in [0.3, 0.4) is 0 Å². The molecule has 0 saturated carbocycles. The summed E-state index contributed by atoms with van der Waals surface area (Å²) >= 11 is 1.68. The first-order valence-corrected chi connectivity index (χ1v) is 10.9. The fourth-order valence-electron chi connectivity index (χ4n) is 3.05. The van der Waals surface area contributed by atoms with Crippen molar-refractivity contribution in [1.82, 2.24) is 14.6 Å². The predicted molar refractivity (Wildman–Crippen MR) is 98.4 cm³/mol. The molecule has 5 nitrogen and oxygen atoms in total. The number of nitrogens with one attached hydrogen (secondary N) is 1. The van der Waals surface area contributed by atoms with Crippen LogP contribution in [0.4, 0.5) is 0 Å². The van der Waals surface area contributed by atoms with Gasteiger partial charge in [-0.25, -0.2) is 18.1 Å². The third kappa shape index (κ3) is 5.11. The molecule has 2 heterocycles. The quantitative estimate of drug-likeness (QED) is 0.855. The van der Waals surface area contributed by atoms with Gasteiger partial charge < -0.3 is 0 Å². The molecule has 2 aromatic rings. The van der Waals surface area contributed by atoms with Crippen LogP contribution < -0.4 is 4.72 Å². The summed E-state index contributed by atoms with van der Waals surface area (Å²) in [6, 6.07) is 10.2. The summed E-state index contributed by atoms with van der Waals surface area (Å²) in [4.78, 5) is 7.13. The van der Waals surface area contributed by atoms with E-state index in [2.05, 4.69) is 27.1 Å². The van der Waals surface area contributed by atoms with Crippen molar-refractivity contribution in [1.29, 1.82) is 0 Å². The summed E-state index contributed by atoms with van der Waals surface area (Å²) < 4.78 is 25.1. The summed E-state index contributed by atoms with van der Waals surface area (Å²) in [6.07, 6.45) is 3.39. The van der Waals surface area contributed by atoms with Crippen molar-refractivity contribution in [2.24, 2.45) is 5.92 Å². The van der Waals surface area contributed by atoms with Crippen LogP contribution in [0.25, 0.3) is 10.6 Å². The Morgan fingerprint density at radius 1 is 1.33 bits per heavy atom. The van der Waals surface area contributed by atoms with Crippen LogP contribution in [0.15, 0.2) is 35.7 Å². The van der Waals surface area contributed by atoms with E-state index in [4.69, 9.17) is 4.98 Å². The van der Waals surface area contributed by atoms with Gasteiger partial charge in [0.15, 0.2) is 0 Å². The summed E-state index contributed by atoms with van der Waals surface area (Å²) in [5, 5.41) is 3.18. The van der Waals surface area contributed by atoms with Crippen LogP contribution in [-0.2, 0) is 16.6 Å². The van der Waals surface area contributed by atoms with E-state index in [0.29, 0.717) is 12.5 Å². The van der Waals surface area contributed by atoms with Gasteiger partial charge in [-0.2, -0.15) is 0 Å². The fraction of sp³-hybridized carbons (Fsp3) is 0.471. The molecule has 1 fully saturated rings. The second kappa shape index (κ2) is 7.74. The largest absolute Gasteiger partial charge is 0.297 e. The highest BCUT2D eigenvalue weighted by atomic mass is 32.2. The third-order valence-electron chi connectivity index (χ3n) is 4.20. The van der Waals surface area contributed by atoms with Gasteiger partial charge in [0.1, 0.15) is 5.01 Å². The van der Waals surface area contributed by atoms with Crippen LogP contribution in [0, 0.1) is 5.92 Å². The minimum absolute atomic E-state index is 0.376. The second-order valence-corrected chi connectivity index (χ2v) is 9.07. The molecule has 1 N–H and O–H groups in total. The van der Waals surface area contributed by atoms with Crippen LogP contribution >= 0.6 is 11.3 Å². The van der Waals surface area contributed by atoms with Crippen LogP contribution in [0.5, 0.6) is 0 Å². The zero-order chi connectivity index (χ0) is 17.0. The lowest BCUT2D eigenvalue weighted by Crippen LogP contribution is -2.40. The van der Waals surface area contributed by atoms with Gasteiger partial charge in [-0.15, -0.1) is 11.3 Å². The number of piperidine rings is 1. The molecule has 0 radical (unpaired) electrons. The average Bonchev–Trinajstić information content (AvgIpc) is 3.02. The maximum absolute atomic E-state index is 11.3. The van der Waals surface area contributed by atoms with E-state index < -0.39 is 10.0 Å². The molecule has 1 aromatic carbocycles. The monoisotopic (exact) mass is 365 g/mol. The highest BCUT2D eigenvalue weighted by molar-refractivity contribution is 7.88. The molecule has 1 aliphatic heterocycles. The number of hydrogen-bond donors (Lipinski definition) is 1. The van der Waals surface area contributed by atoms with Gasteiger partial charge in [-0.05, 0) is 25.3 Å². The van der Waals surface area contributed by atoms with Gasteiger partial charge >= 0.3 is 0 Å². The Morgan fingerprint density at radius 2 is 2.12 bits per heavy atom. The van der Waals surface area contributed by atoms with E-state index in [9.17, 15) is 8.42 Å². The molecular weight excluding hydrogens is 342 g/mol. The lowest BCUT2D eigenvalue weighted by molar-refractivity contribution is 0.167. The van der Waals surface area contributed by atoms with Gasteiger partial charge in [0.2, 0.25) is 10.0 Å². The first-order chi connectivity index (χ1) is 11.5. The Bertz CT molecular complexity index is 759. The van der Waals surface area contributed by atoms with Gasteiger partial charge in [-0.3, -0.25) is 4.90 Å². The van der Waals surface area contributed by atoms with Gasteiger partial charge in [0.05, 0.1) is 11.9 Å². The molecule has 130 valence electrons. The zero-order valence-electron chi connectivity index (χ0n) is 13.8. The SMILES string of the molecule is CS(=O)(=O)NCC1CCCN(Cc2csc(-c3ccccc3)n2)C1. The van der Waals surface area contributed by atoms with Crippen LogP contribution in [0.1, 0.15) is 18.5 Å². The Hall–Kier alpha value is -1.28. The topological polar surface area (TPSA) is 62.3 Å². The molecule has 0 bridgehead atoms. The number of benzene rings is 1. The molecule has 1 unspecified atom stereocenters. The molecule has 0 spiro atoms. The molecule has 0 aliphatic carbocycles. The zero-order valence-corrected chi connectivity index (χ0v) is 15.4. The van der Waals surface area contributed by atoms with E-state index in [0.717, 1.165) is 48.7 Å². The van der Waals surface area contributed by atoms with E-state index >= 15 is 0 Å². The predicted octanol–water partition coefficient (Wildman–Crippen LogP) is 2.57. The number of nitrogens with zero attached hydrogens (tertiary/aromatic N) is 2. The van der Waals surface area contributed by atoms with Crippen LogP contribution in [0.2, 0.25) is 0 Å². The van der Waals surface area contributed by atoms with Crippen molar-refractivity contribution >= 4 is 21.4 Å². The number of hydrogen-bond acceptors (Lipinski definition) is 5. The first kappa shape index (κ1) is 17.5. The van der Waals surface area contributed by atoms with E-state index in [1.165, 1.54) is 6.26 Å². The van der Waals surface area contributed by atoms with Crippen molar-refractivity contribution in [3.05, 3.63) is 41.4 Å².